The van der Waals surface area contributed by atoms with Crippen LogP contribution in [0.2, 0.25) is 0 Å². The Kier molecular flexibility index (Phi) is 12.5. The number of carbonyl (C=O) groups is 5. The Morgan fingerprint density at radius 2 is 1.44 bits per heavy atom. The lowest BCUT2D eigenvalue weighted by molar-refractivity contribution is -0.145. The summed E-state index contributed by atoms with van der Waals surface area (Å²) in [5.74, 6) is -4.41. The summed E-state index contributed by atoms with van der Waals surface area (Å²) in [5.41, 5.74) is 12.0. The SMILES string of the molecule is CC(C)CC(NC(=O)C(CCC(N)=O)NC(=O)C(N)Cc1ccccc1)C(=O)NC(C(=O)O)C(C)O. The van der Waals surface area contributed by atoms with Crippen molar-refractivity contribution in [1.29, 1.82) is 0 Å². The molecule has 0 spiro atoms. The van der Waals surface area contributed by atoms with Crippen LogP contribution in [0.5, 0.6) is 0 Å². The second kappa shape index (κ2) is 14.8. The Morgan fingerprint density at radius 1 is 0.889 bits per heavy atom. The molecule has 0 aliphatic rings. The van der Waals surface area contributed by atoms with Crippen molar-refractivity contribution >= 4 is 29.6 Å². The molecule has 0 heterocycles. The fourth-order valence-corrected chi connectivity index (χ4v) is 3.41. The van der Waals surface area contributed by atoms with E-state index < -0.39 is 59.9 Å². The highest BCUT2D eigenvalue weighted by atomic mass is 16.4. The van der Waals surface area contributed by atoms with Gasteiger partial charge in [-0.05, 0) is 37.7 Å². The normalized spacial score (nSPS) is 15.2. The molecular weight excluding hydrogens is 470 g/mol. The number of aliphatic carboxylic acids is 1. The molecule has 5 atom stereocenters. The lowest BCUT2D eigenvalue weighted by Crippen LogP contribution is -2.58. The molecule has 4 amide bonds. The van der Waals surface area contributed by atoms with Crippen molar-refractivity contribution in [1.82, 2.24) is 16.0 Å². The average molecular weight is 508 g/mol. The number of hydrogen-bond acceptors (Lipinski definition) is 7. The second-order valence-electron chi connectivity index (χ2n) is 9.12. The molecule has 0 saturated heterocycles. The van der Waals surface area contributed by atoms with Gasteiger partial charge in [-0.1, -0.05) is 44.2 Å². The van der Waals surface area contributed by atoms with Gasteiger partial charge < -0.3 is 37.6 Å². The summed E-state index contributed by atoms with van der Waals surface area (Å²) in [4.78, 5) is 61.2. The molecule has 36 heavy (non-hydrogen) atoms. The molecule has 9 N–H and O–H groups in total. The number of aliphatic hydroxyl groups is 1. The average Bonchev–Trinajstić information content (AvgIpc) is 2.78. The molecule has 0 fully saturated rings. The van der Waals surface area contributed by atoms with Crippen LogP contribution in [-0.2, 0) is 30.4 Å². The number of rotatable bonds is 15. The van der Waals surface area contributed by atoms with Crippen molar-refractivity contribution in [3.8, 4) is 0 Å². The van der Waals surface area contributed by atoms with E-state index in [9.17, 15) is 34.2 Å². The molecule has 0 aromatic heterocycles. The zero-order valence-corrected chi connectivity index (χ0v) is 20.8. The molecule has 12 nitrogen and oxygen atoms in total. The van der Waals surface area contributed by atoms with Gasteiger partial charge in [-0.3, -0.25) is 19.2 Å². The topological polar surface area (TPSA) is 214 Å². The van der Waals surface area contributed by atoms with Gasteiger partial charge in [0.2, 0.25) is 23.6 Å². The number of nitrogens with two attached hydrogens (primary N) is 2. The fourth-order valence-electron chi connectivity index (χ4n) is 3.41. The number of aliphatic hydroxyl groups excluding tert-OH is 1. The van der Waals surface area contributed by atoms with Crippen molar-refractivity contribution < 1.29 is 34.2 Å². The maximum atomic E-state index is 13.1. The van der Waals surface area contributed by atoms with Crippen LogP contribution >= 0.6 is 0 Å². The summed E-state index contributed by atoms with van der Waals surface area (Å²) in [6.07, 6.45) is -1.36. The van der Waals surface area contributed by atoms with Crippen LogP contribution in [0.3, 0.4) is 0 Å². The predicted molar refractivity (Wildman–Crippen MR) is 131 cm³/mol. The molecule has 1 aromatic rings. The maximum Gasteiger partial charge on any atom is 0.328 e. The highest BCUT2D eigenvalue weighted by Gasteiger charge is 2.32. The predicted octanol–water partition coefficient (Wildman–Crippen LogP) is -1.21. The van der Waals surface area contributed by atoms with Crippen LogP contribution in [0.1, 0.15) is 45.6 Å². The highest BCUT2D eigenvalue weighted by Crippen LogP contribution is 2.09. The van der Waals surface area contributed by atoms with Gasteiger partial charge in [-0.25, -0.2) is 4.79 Å². The number of primary amides is 1. The first kappa shape index (κ1) is 30.5. The van der Waals surface area contributed by atoms with E-state index in [-0.39, 0.29) is 31.6 Å². The zero-order chi connectivity index (χ0) is 27.4. The first-order valence-corrected chi connectivity index (χ1v) is 11.7. The summed E-state index contributed by atoms with van der Waals surface area (Å²) in [7, 11) is 0. The minimum atomic E-state index is -1.58. The van der Waals surface area contributed by atoms with Crippen molar-refractivity contribution in [2.75, 3.05) is 0 Å². The molecule has 12 heteroatoms. The van der Waals surface area contributed by atoms with E-state index in [0.29, 0.717) is 0 Å². The minimum absolute atomic E-state index is 0.0752. The van der Waals surface area contributed by atoms with E-state index in [1.54, 1.807) is 38.1 Å². The summed E-state index contributed by atoms with van der Waals surface area (Å²) in [6, 6.07) is 4.09. The molecular formula is C24H37N5O7. The minimum Gasteiger partial charge on any atom is -0.480 e. The zero-order valence-electron chi connectivity index (χ0n) is 20.8. The highest BCUT2D eigenvalue weighted by molar-refractivity contribution is 5.94. The Balaban J connectivity index is 2.99. The number of nitrogens with one attached hydrogen (secondary N) is 3. The van der Waals surface area contributed by atoms with E-state index in [1.807, 2.05) is 6.07 Å². The van der Waals surface area contributed by atoms with Gasteiger partial charge in [-0.15, -0.1) is 0 Å². The molecule has 1 aromatic carbocycles. The Morgan fingerprint density at radius 3 is 1.94 bits per heavy atom. The number of hydrogen-bond donors (Lipinski definition) is 7. The smallest absolute Gasteiger partial charge is 0.328 e. The molecule has 1 rings (SSSR count). The summed E-state index contributed by atoms with van der Waals surface area (Å²) in [5, 5.41) is 26.1. The number of carboxylic acids is 1. The van der Waals surface area contributed by atoms with Crippen molar-refractivity contribution in [2.24, 2.45) is 17.4 Å². The monoisotopic (exact) mass is 507 g/mol. The van der Waals surface area contributed by atoms with Crippen LogP contribution in [-0.4, -0.2) is 70.1 Å². The molecule has 0 bridgehead atoms. The van der Waals surface area contributed by atoms with E-state index >= 15 is 0 Å². The lowest BCUT2D eigenvalue weighted by atomic mass is 10.0. The quantitative estimate of drug-likeness (QED) is 0.152. The molecule has 5 unspecified atom stereocenters. The summed E-state index contributed by atoms with van der Waals surface area (Å²) >= 11 is 0. The Bertz CT molecular complexity index is 907. The van der Waals surface area contributed by atoms with Crippen LogP contribution in [0.4, 0.5) is 0 Å². The number of carbonyl (C=O) groups excluding carboxylic acids is 4. The Labute approximate surface area is 210 Å². The molecule has 0 saturated carbocycles. The van der Waals surface area contributed by atoms with Gasteiger partial charge in [0.15, 0.2) is 6.04 Å². The largest absolute Gasteiger partial charge is 0.480 e. The number of amides is 4. The third kappa shape index (κ3) is 10.8. The van der Waals surface area contributed by atoms with Gasteiger partial charge >= 0.3 is 5.97 Å². The summed E-state index contributed by atoms with van der Waals surface area (Å²) in [6.45, 7) is 4.80. The van der Waals surface area contributed by atoms with E-state index in [0.717, 1.165) is 5.56 Å². The van der Waals surface area contributed by atoms with Crippen LogP contribution in [0, 0.1) is 5.92 Å². The standard InChI is InChI=1S/C24H37N5O7/c1-13(2)11-18(23(34)29-20(14(3)30)24(35)36)28-22(33)17(9-10-19(26)31)27-21(32)16(25)12-15-7-5-4-6-8-15/h4-8,13-14,16-18,20,30H,9-12,25H2,1-3H3,(H2,26,31)(H,27,32)(H,28,33)(H,29,34)(H,35,36). The number of carboxylic acid groups (broad SMARTS) is 1. The number of benzene rings is 1. The molecule has 0 radical (unpaired) electrons. The second-order valence-corrected chi connectivity index (χ2v) is 9.12. The third-order valence-corrected chi connectivity index (χ3v) is 5.33. The maximum absolute atomic E-state index is 13.1. The van der Waals surface area contributed by atoms with Crippen molar-refractivity contribution in [2.45, 2.75) is 76.7 Å². The van der Waals surface area contributed by atoms with Crippen molar-refractivity contribution in [3.05, 3.63) is 35.9 Å². The van der Waals surface area contributed by atoms with Crippen LogP contribution < -0.4 is 27.4 Å². The van der Waals surface area contributed by atoms with Gasteiger partial charge in [-0.2, -0.15) is 0 Å². The molecule has 0 aliphatic heterocycles. The van der Waals surface area contributed by atoms with E-state index in [1.165, 1.54) is 6.92 Å². The third-order valence-electron chi connectivity index (χ3n) is 5.33. The molecule has 200 valence electrons. The van der Waals surface area contributed by atoms with Crippen LogP contribution in [0.25, 0.3) is 0 Å². The Hall–Kier alpha value is -3.51. The first-order valence-electron chi connectivity index (χ1n) is 11.7. The molecule has 0 aliphatic carbocycles. The first-order chi connectivity index (χ1) is 16.8. The van der Waals surface area contributed by atoms with E-state index in [4.69, 9.17) is 11.5 Å². The van der Waals surface area contributed by atoms with Crippen LogP contribution in [0.15, 0.2) is 30.3 Å². The van der Waals surface area contributed by atoms with Gasteiger partial charge in [0.1, 0.15) is 12.1 Å². The van der Waals surface area contributed by atoms with Gasteiger partial charge in [0, 0.05) is 6.42 Å². The van der Waals surface area contributed by atoms with Crippen molar-refractivity contribution in [3.63, 3.8) is 0 Å². The van der Waals surface area contributed by atoms with Gasteiger partial charge in [0.25, 0.3) is 0 Å². The fraction of sp³-hybridized carbons (Fsp3) is 0.542. The van der Waals surface area contributed by atoms with E-state index in [2.05, 4.69) is 16.0 Å². The lowest BCUT2D eigenvalue weighted by Gasteiger charge is -2.26. The summed E-state index contributed by atoms with van der Waals surface area (Å²) < 4.78 is 0. The van der Waals surface area contributed by atoms with Gasteiger partial charge in [0.05, 0.1) is 12.1 Å².